The fourth-order valence-corrected chi connectivity index (χ4v) is 4.32. The Bertz CT molecular complexity index is 1260. The maximum atomic E-state index is 12.7. The number of nitriles is 1. The first kappa shape index (κ1) is 25.0. The van der Waals surface area contributed by atoms with Gasteiger partial charge in [-0.3, -0.25) is 14.9 Å². The van der Waals surface area contributed by atoms with Gasteiger partial charge in [0.15, 0.2) is 11.5 Å². The van der Waals surface area contributed by atoms with E-state index in [9.17, 15) is 10.1 Å². The molecule has 0 spiro atoms. The molecular weight excluding hydrogens is 576 g/mol. The van der Waals surface area contributed by atoms with Crippen molar-refractivity contribution in [2.75, 3.05) is 12.5 Å². The Morgan fingerprint density at radius 2 is 1.88 bits per heavy atom. The number of nitrogens with one attached hydrogen (secondary N) is 1. The topological polar surface area (TPSA) is 76.3 Å². The quantitative estimate of drug-likeness (QED) is 0.198. The Kier molecular flexibility index (Phi) is 8.30. The number of halogens is 3. The van der Waals surface area contributed by atoms with Gasteiger partial charge in [-0.05, 0) is 84.5 Å². The molecule has 0 saturated carbocycles. The highest BCUT2D eigenvalue weighted by molar-refractivity contribution is 14.1. The monoisotopic (exact) mass is 595 g/mol. The van der Waals surface area contributed by atoms with Crippen LogP contribution in [0, 0.1) is 28.7 Å². The summed E-state index contributed by atoms with van der Waals surface area (Å²) in [4.78, 5) is 12.7. The summed E-state index contributed by atoms with van der Waals surface area (Å²) < 4.78 is 13.8. The summed E-state index contributed by atoms with van der Waals surface area (Å²) in [7, 11) is 1.52. The molecule has 0 fully saturated rings. The van der Waals surface area contributed by atoms with E-state index in [1.165, 1.54) is 13.2 Å². The molecule has 0 unspecified atom stereocenters. The van der Waals surface area contributed by atoms with E-state index in [0.717, 1.165) is 20.5 Å². The second-order valence-electron chi connectivity index (χ2n) is 7.12. The largest absolute Gasteiger partial charge is 0.493 e. The summed E-state index contributed by atoms with van der Waals surface area (Å²) in [5.74, 6) is 0.488. The average molecular weight is 596 g/mol. The minimum Gasteiger partial charge on any atom is -0.493 e. The number of aryl methyl sites for hydroxylation is 2. The molecule has 6 nitrogen and oxygen atoms in total. The number of rotatable bonds is 7. The van der Waals surface area contributed by atoms with Gasteiger partial charge < -0.3 is 9.47 Å². The fourth-order valence-electron chi connectivity index (χ4n) is 3.07. The number of hydrogen-bond donors (Lipinski definition) is 1. The maximum Gasteiger partial charge on any atom is 0.280 e. The third kappa shape index (κ3) is 6.02. The zero-order chi connectivity index (χ0) is 24.1. The van der Waals surface area contributed by atoms with Gasteiger partial charge in [0, 0.05) is 27.0 Å². The lowest BCUT2D eigenvalue weighted by molar-refractivity contribution is -0.113. The molecule has 9 heteroatoms. The number of hydrogen-bond acceptors (Lipinski definition) is 4. The number of methoxy groups -OCH3 is 1. The highest BCUT2D eigenvalue weighted by Gasteiger charge is 2.15. The van der Waals surface area contributed by atoms with Crippen molar-refractivity contribution in [1.29, 1.82) is 5.26 Å². The first-order chi connectivity index (χ1) is 15.7. The minimum atomic E-state index is -0.508. The molecule has 1 heterocycles. The SMILES string of the molecule is COc1cc(/C=C(/C#N)C(=O)Nn2c(C)ccc2C)cc(I)c1OCc1ccc(Cl)cc1Cl. The van der Waals surface area contributed by atoms with E-state index in [0.29, 0.717) is 27.1 Å². The van der Waals surface area contributed by atoms with Gasteiger partial charge in [0.1, 0.15) is 18.2 Å². The lowest BCUT2D eigenvalue weighted by Crippen LogP contribution is -2.25. The standard InChI is InChI=1S/C24H20Cl2IN3O3/c1-14-4-5-15(2)30(14)29-24(31)18(12-28)8-16-9-21(27)23(22(10-16)32-3)33-13-17-6-7-19(25)11-20(17)26/h4-11H,13H2,1-3H3,(H,29,31)/b18-8-. The molecule has 170 valence electrons. The van der Waals surface area contributed by atoms with Crippen LogP contribution in [0.25, 0.3) is 6.08 Å². The summed E-state index contributed by atoms with van der Waals surface area (Å²) in [6.45, 7) is 3.96. The Morgan fingerprint density at radius 3 is 2.48 bits per heavy atom. The molecular formula is C24H20Cl2IN3O3. The van der Waals surface area contributed by atoms with Crippen LogP contribution in [0.1, 0.15) is 22.5 Å². The third-order valence-corrected chi connectivity index (χ3v) is 6.19. The first-order valence-electron chi connectivity index (χ1n) is 9.75. The molecule has 0 aliphatic carbocycles. The van der Waals surface area contributed by atoms with Gasteiger partial charge in [0.05, 0.1) is 10.7 Å². The molecule has 1 N–H and O–H groups in total. The molecule has 0 atom stereocenters. The second-order valence-corrected chi connectivity index (χ2v) is 9.13. The van der Waals surface area contributed by atoms with E-state index >= 15 is 0 Å². The smallest absolute Gasteiger partial charge is 0.280 e. The van der Waals surface area contributed by atoms with E-state index in [1.54, 1.807) is 35.0 Å². The van der Waals surface area contributed by atoms with E-state index in [-0.39, 0.29) is 12.2 Å². The van der Waals surface area contributed by atoms with Gasteiger partial charge in [-0.1, -0.05) is 29.3 Å². The molecule has 0 aliphatic rings. The van der Waals surface area contributed by atoms with Crippen LogP contribution >= 0.6 is 45.8 Å². The van der Waals surface area contributed by atoms with Gasteiger partial charge >= 0.3 is 0 Å². The molecule has 3 rings (SSSR count). The normalized spacial score (nSPS) is 11.1. The van der Waals surface area contributed by atoms with Crippen molar-refractivity contribution in [1.82, 2.24) is 4.68 Å². The van der Waals surface area contributed by atoms with Crippen molar-refractivity contribution in [2.45, 2.75) is 20.5 Å². The number of amides is 1. The second kappa shape index (κ2) is 11.0. The molecule has 0 aliphatic heterocycles. The molecule has 33 heavy (non-hydrogen) atoms. The fraction of sp³-hybridized carbons (Fsp3) is 0.167. The Balaban J connectivity index is 1.84. The number of benzene rings is 2. The summed E-state index contributed by atoms with van der Waals surface area (Å²) >= 11 is 14.3. The minimum absolute atomic E-state index is 0.0398. The lowest BCUT2D eigenvalue weighted by atomic mass is 10.1. The third-order valence-electron chi connectivity index (χ3n) is 4.80. The van der Waals surface area contributed by atoms with Gasteiger partial charge in [-0.2, -0.15) is 5.26 Å². The average Bonchev–Trinajstić information content (AvgIpc) is 3.09. The van der Waals surface area contributed by atoms with Crippen molar-refractivity contribution in [2.24, 2.45) is 0 Å². The Morgan fingerprint density at radius 1 is 1.18 bits per heavy atom. The lowest BCUT2D eigenvalue weighted by Gasteiger charge is -2.15. The number of carbonyl (C=O) groups excluding carboxylic acids is 1. The number of carbonyl (C=O) groups is 1. The van der Waals surface area contributed by atoms with Crippen LogP contribution in [0.5, 0.6) is 11.5 Å². The van der Waals surface area contributed by atoms with Crippen molar-refractivity contribution < 1.29 is 14.3 Å². The number of aromatic nitrogens is 1. The Labute approximate surface area is 215 Å². The van der Waals surface area contributed by atoms with E-state index in [4.69, 9.17) is 32.7 Å². The maximum absolute atomic E-state index is 12.7. The summed E-state index contributed by atoms with van der Waals surface area (Å²) in [5, 5.41) is 10.6. The van der Waals surface area contributed by atoms with E-state index in [1.807, 2.05) is 32.0 Å². The molecule has 2 aromatic carbocycles. The zero-order valence-corrected chi connectivity index (χ0v) is 21.7. The molecule has 0 saturated heterocycles. The Hall–Kier alpha value is -2.67. The first-order valence-corrected chi connectivity index (χ1v) is 11.6. The predicted molar refractivity (Wildman–Crippen MR) is 138 cm³/mol. The van der Waals surface area contributed by atoms with Crippen LogP contribution in [0.15, 0.2) is 48.0 Å². The van der Waals surface area contributed by atoms with Crippen molar-refractivity contribution in [3.05, 3.63) is 84.2 Å². The summed E-state index contributed by atoms with van der Waals surface area (Å²) in [6, 6.07) is 14.4. The van der Waals surface area contributed by atoms with Crippen LogP contribution in [-0.4, -0.2) is 17.7 Å². The molecule has 3 aromatic rings. The van der Waals surface area contributed by atoms with Gasteiger partial charge in [0.25, 0.3) is 5.91 Å². The zero-order valence-electron chi connectivity index (χ0n) is 18.1. The van der Waals surface area contributed by atoms with Crippen molar-refractivity contribution in [3.63, 3.8) is 0 Å². The highest BCUT2D eigenvalue weighted by Crippen LogP contribution is 2.36. The van der Waals surface area contributed by atoms with Crippen molar-refractivity contribution >= 4 is 57.8 Å². The molecule has 1 amide bonds. The van der Waals surface area contributed by atoms with Crippen LogP contribution in [0.3, 0.4) is 0 Å². The van der Waals surface area contributed by atoms with Gasteiger partial charge in [-0.15, -0.1) is 0 Å². The summed E-state index contributed by atoms with van der Waals surface area (Å²) in [6.07, 6.45) is 1.51. The number of nitrogens with zero attached hydrogens (tertiary/aromatic N) is 2. The van der Waals surface area contributed by atoms with Crippen LogP contribution in [0.2, 0.25) is 10.0 Å². The highest BCUT2D eigenvalue weighted by atomic mass is 127. The summed E-state index contributed by atoms with van der Waals surface area (Å²) in [5.41, 5.74) is 5.82. The van der Waals surface area contributed by atoms with Crippen LogP contribution in [-0.2, 0) is 11.4 Å². The van der Waals surface area contributed by atoms with Gasteiger partial charge in [0.2, 0.25) is 0 Å². The predicted octanol–water partition coefficient (Wildman–Crippen LogP) is 6.28. The van der Waals surface area contributed by atoms with E-state index < -0.39 is 5.91 Å². The van der Waals surface area contributed by atoms with Crippen LogP contribution in [0.4, 0.5) is 0 Å². The van der Waals surface area contributed by atoms with Gasteiger partial charge in [-0.25, -0.2) is 0 Å². The van der Waals surface area contributed by atoms with Crippen molar-refractivity contribution in [3.8, 4) is 17.6 Å². The molecule has 0 bridgehead atoms. The molecule has 0 radical (unpaired) electrons. The van der Waals surface area contributed by atoms with Crippen LogP contribution < -0.4 is 14.9 Å². The molecule has 1 aromatic heterocycles. The van der Waals surface area contributed by atoms with E-state index in [2.05, 4.69) is 28.0 Å². The number of ether oxygens (including phenoxy) is 2.